The molecule has 0 radical (unpaired) electrons. The van der Waals surface area contributed by atoms with Crippen LogP contribution in [0.25, 0.3) is 0 Å². The van der Waals surface area contributed by atoms with Crippen molar-refractivity contribution in [2.75, 3.05) is 92.4 Å². The zero-order chi connectivity index (χ0) is 72.4. The number of hydrogen-bond acceptors (Lipinski definition) is 20. The van der Waals surface area contributed by atoms with Crippen LogP contribution in [0.1, 0.15) is 160 Å². The second kappa shape index (κ2) is 55.3. The fraction of sp³-hybridized carbons (Fsp3) is 0.662. The van der Waals surface area contributed by atoms with E-state index in [1.165, 1.54) is 12.1 Å². The Hall–Kier alpha value is -4.72. The lowest BCUT2D eigenvalue weighted by Crippen LogP contribution is -2.22. The molecule has 29 heteroatoms. The number of nitrogens with two attached hydrogens (primary N) is 2. The van der Waals surface area contributed by atoms with Crippen LogP contribution < -0.4 is 22.1 Å². The number of carbonyl (C=O) groups is 6. The number of carboxylic acid groups (broad SMARTS) is 1. The summed E-state index contributed by atoms with van der Waals surface area (Å²) in [6.07, 6.45) is 4.52. The number of amides is 4. The summed E-state index contributed by atoms with van der Waals surface area (Å²) in [5.74, 6) is -2.06. The number of rotatable bonds is 40. The first kappa shape index (κ1) is 93.5. The molecule has 1 aromatic carbocycles. The minimum atomic E-state index is -3.92. The molecule has 2 heterocycles. The minimum absolute atomic E-state index is 0.00986. The largest absolute Gasteiger partial charge is 0.478 e. The number of aliphatic carboxylic acids is 1. The van der Waals surface area contributed by atoms with E-state index >= 15 is 0 Å². The number of nitrogens with one attached hydrogen (secondary N) is 2. The summed E-state index contributed by atoms with van der Waals surface area (Å²) in [6, 6.07) is 6.34. The van der Waals surface area contributed by atoms with Gasteiger partial charge in [0.25, 0.3) is 10.1 Å². The summed E-state index contributed by atoms with van der Waals surface area (Å²) in [4.78, 5) is 66.5. The molecule has 542 valence electrons. The van der Waals surface area contributed by atoms with E-state index in [-0.39, 0.29) is 61.0 Å². The lowest BCUT2D eigenvalue weighted by atomic mass is 10.0. The maximum Gasteiger partial charge on any atom is 0.331 e. The molecule has 0 unspecified atom stereocenters. The van der Waals surface area contributed by atoms with Crippen LogP contribution in [0, 0.1) is 6.92 Å². The lowest BCUT2D eigenvalue weighted by molar-refractivity contribution is -0.141. The molecule has 94 heavy (non-hydrogen) atoms. The molecule has 0 spiro atoms. The highest BCUT2D eigenvalue weighted by atomic mass is 35.6. The van der Waals surface area contributed by atoms with Gasteiger partial charge in [-0.1, -0.05) is 52.5 Å². The van der Waals surface area contributed by atoms with Gasteiger partial charge in [0.1, 0.15) is 6.29 Å². The molecule has 0 aliphatic carbocycles. The number of aryl methyl sites for hydroxylation is 1. The molecule has 25 nitrogen and oxygen atoms in total. The zero-order valence-corrected chi connectivity index (χ0v) is 60.7. The Morgan fingerprint density at radius 1 is 0.564 bits per heavy atom. The highest BCUT2D eigenvalue weighted by Gasteiger charge is 2.23. The number of primary amides is 2. The zero-order valence-electron chi connectivity index (χ0n) is 57.6. The van der Waals surface area contributed by atoms with Crippen LogP contribution in [0.2, 0.25) is 0 Å². The smallest absolute Gasteiger partial charge is 0.331 e. The summed E-state index contributed by atoms with van der Waals surface area (Å²) < 4.78 is 71.3. The van der Waals surface area contributed by atoms with Crippen LogP contribution in [0.4, 0.5) is 0 Å². The van der Waals surface area contributed by atoms with Gasteiger partial charge in [-0.15, -0.1) is 0 Å². The van der Waals surface area contributed by atoms with E-state index in [0.717, 1.165) is 47.0 Å². The van der Waals surface area contributed by atoms with Gasteiger partial charge in [-0.3, -0.25) is 23.4 Å². The third kappa shape index (κ3) is 43.5. The molecule has 1 aromatic rings. The topological polar surface area (TPSA) is 377 Å². The average molecular weight is 1420 g/mol. The molecule has 2 aliphatic rings. The van der Waals surface area contributed by atoms with Crippen molar-refractivity contribution in [2.45, 2.75) is 195 Å². The highest BCUT2D eigenvalue weighted by Crippen LogP contribution is 2.25. The molecule has 10 N–H and O–H groups in total. The second-order valence-electron chi connectivity index (χ2n) is 20.5. The van der Waals surface area contributed by atoms with E-state index in [4.69, 9.17) is 109 Å². The van der Waals surface area contributed by atoms with E-state index in [1.807, 2.05) is 76.2 Å². The van der Waals surface area contributed by atoms with Gasteiger partial charge in [0.15, 0.2) is 25.2 Å². The van der Waals surface area contributed by atoms with Crippen molar-refractivity contribution in [1.82, 2.24) is 10.6 Å². The van der Waals surface area contributed by atoms with E-state index in [2.05, 4.69) is 10.6 Å². The Bertz CT molecular complexity index is 2570. The Morgan fingerprint density at radius 3 is 1.17 bits per heavy atom. The summed E-state index contributed by atoms with van der Waals surface area (Å²) in [6.45, 7) is 30.4. The Morgan fingerprint density at radius 2 is 0.883 bits per heavy atom. The SMILES string of the molecule is CC1=C(CCC=O)C(=O)NC1.CCOC(CC/C(C(=O)O)=C(\C)CO)OCC.CCOC(CC/C(C(N)=O)=C(\C)CO)OCC.CCOC(CC/C(C(N)=O)=C(\C)COS(=O)(=O)c1ccc(C)cc1)OCC.CCOC(CCC1=C(C)CNC1=O)OCC.OCC(Cl)(Cl)Cl. The van der Waals surface area contributed by atoms with E-state index in [1.54, 1.807) is 32.9 Å². The van der Waals surface area contributed by atoms with Gasteiger partial charge in [-0.25, -0.2) is 4.79 Å². The van der Waals surface area contributed by atoms with Gasteiger partial charge >= 0.3 is 5.97 Å². The quantitative estimate of drug-likeness (QED) is 0.0100. The standard InChI is InChI=1S/C19H29NO6S.C12H23NO4.C12H21NO3.C12H22O5.C8H11NO2.C2H3Cl3O/c1-5-24-18(25-6-2)12-11-17(19(20)21)15(4)13-26-27(22,23)16-9-7-14(3)8-10-16;1-4-16-11(17-5-2)7-6-10(12(13)15)9(3)8-14;1-4-15-11(16-5-2)7-6-10-9(3)8-13-12(10)14;1-4-16-11(17-5-2)7-6-10(12(14)15)9(3)8-13;1-6-5-9-8(11)7(6)3-2-4-10;3-2(4,5)1-6/h7-10,18H,5-6,11-13H2,1-4H3,(H2,20,21);11,14H,4-8H2,1-3H3,(H2,13,15);11H,4-8H2,1-3H3,(H,13,14);11,13H,4-8H2,1-3H3,(H,14,15);4H,2-3,5H2,1H3,(H,9,11);6H,1H2/b17-15-;10-9-;;10-9-;;. The van der Waals surface area contributed by atoms with Crippen LogP contribution in [-0.4, -0.2) is 186 Å². The van der Waals surface area contributed by atoms with Crippen molar-refractivity contribution < 1.29 is 99.7 Å². The van der Waals surface area contributed by atoms with Crippen molar-refractivity contribution in [3.8, 4) is 0 Å². The van der Waals surface area contributed by atoms with Crippen molar-refractivity contribution in [3.63, 3.8) is 0 Å². The maximum absolute atomic E-state index is 12.3. The number of hydrogen-bond donors (Lipinski definition) is 8. The average Bonchev–Trinajstić information content (AvgIpc) is 1.00. The molecular formula is C65H109Cl3N4O21S. The van der Waals surface area contributed by atoms with Crippen molar-refractivity contribution in [3.05, 3.63) is 85.6 Å². The van der Waals surface area contributed by atoms with Crippen molar-refractivity contribution >= 4 is 80.8 Å². The molecule has 0 saturated carbocycles. The first-order valence-electron chi connectivity index (χ1n) is 31.4. The summed E-state index contributed by atoms with van der Waals surface area (Å²) in [5.41, 5.74) is 18.1. The second-order valence-corrected chi connectivity index (χ2v) is 24.7. The fourth-order valence-corrected chi connectivity index (χ4v) is 9.24. The Labute approximate surface area is 572 Å². The van der Waals surface area contributed by atoms with Crippen LogP contribution in [0.5, 0.6) is 0 Å². The molecule has 2 aliphatic heterocycles. The van der Waals surface area contributed by atoms with Crippen molar-refractivity contribution in [1.29, 1.82) is 0 Å². The van der Waals surface area contributed by atoms with Crippen LogP contribution in [-0.2, 0) is 81.0 Å². The number of carboxylic acids is 1. The predicted molar refractivity (Wildman–Crippen MR) is 362 cm³/mol. The first-order chi connectivity index (χ1) is 44.3. The van der Waals surface area contributed by atoms with Crippen LogP contribution >= 0.6 is 34.8 Å². The molecule has 0 bridgehead atoms. The molecule has 0 fully saturated rings. The van der Waals surface area contributed by atoms with Crippen molar-refractivity contribution in [2.24, 2.45) is 11.5 Å². The predicted octanol–water partition coefficient (Wildman–Crippen LogP) is 8.57. The lowest BCUT2D eigenvalue weighted by Gasteiger charge is -2.18. The third-order valence-corrected chi connectivity index (χ3v) is 14.9. The molecular weight excluding hydrogens is 1310 g/mol. The number of benzene rings is 1. The van der Waals surface area contributed by atoms with E-state index in [0.29, 0.717) is 145 Å². The number of aliphatic hydroxyl groups excluding tert-OH is 3. The van der Waals surface area contributed by atoms with E-state index in [9.17, 15) is 37.2 Å². The van der Waals surface area contributed by atoms with Gasteiger partial charge in [0.2, 0.25) is 27.4 Å². The molecule has 4 amide bonds. The molecule has 0 saturated heterocycles. The van der Waals surface area contributed by atoms with Gasteiger partial charge < -0.3 is 85.2 Å². The Balaban J connectivity index is -0.00000110. The van der Waals surface area contributed by atoms with E-state index < -0.39 is 44.6 Å². The first-order valence-corrected chi connectivity index (χ1v) is 33.9. The van der Waals surface area contributed by atoms with Gasteiger partial charge in [-0.2, -0.15) is 8.42 Å². The number of halogens is 3. The normalized spacial score (nSPS) is 13.8. The van der Waals surface area contributed by atoms with Gasteiger partial charge in [-0.05, 0) is 169 Å². The van der Waals surface area contributed by atoms with Crippen LogP contribution in [0.3, 0.4) is 0 Å². The number of carbonyl (C=O) groups excluding carboxylic acids is 5. The number of alkyl halides is 3. The summed E-state index contributed by atoms with van der Waals surface area (Å²) in [5, 5.41) is 40.5. The highest BCUT2D eigenvalue weighted by molar-refractivity contribution is 7.86. The third-order valence-electron chi connectivity index (χ3n) is 13.3. The summed E-state index contributed by atoms with van der Waals surface area (Å²) >= 11 is 15.0. The maximum atomic E-state index is 12.3. The summed E-state index contributed by atoms with van der Waals surface area (Å²) in [7, 11) is -3.92. The van der Waals surface area contributed by atoms with Crippen LogP contribution in [0.15, 0.2) is 84.9 Å². The van der Waals surface area contributed by atoms with Gasteiger partial charge in [0, 0.05) is 126 Å². The Kier molecular flexibility index (Phi) is 55.0. The fourth-order valence-electron chi connectivity index (χ4n) is 8.31. The van der Waals surface area contributed by atoms with Gasteiger partial charge in [0.05, 0.1) is 31.3 Å². The molecule has 0 atom stereocenters. The number of aliphatic hydroxyl groups is 3. The monoisotopic (exact) mass is 1420 g/mol. The molecule has 3 rings (SSSR count). The number of ether oxygens (including phenoxy) is 8. The minimum Gasteiger partial charge on any atom is -0.478 e. The molecule has 0 aromatic heterocycles. The number of aldehydes is 1.